The van der Waals surface area contributed by atoms with Crippen molar-refractivity contribution in [3.05, 3.63) is 0 Å². The largest absolute Gasteiger partial charge is 0.330 e. The van der Waals surface area contributed by atoms with E-state index in [2.05, 4.69) is 0 Å². The molecule has 4 N–H and O–H groups in total. The second kappa shape index (κ2) is 3.94. The van der Waals surface area contributed by atoms with Gasteiger partial charge in [-0.1, -0.05) is 12.8 Å². The van der Waals surface area contributed by atoms with Crippen molar-refractivity contribution in [2.45, 2.75) is 38.1 Å². The predicted octanol–water partition coefficient (Wildman–Crippen LogP) is 0.853. The molecule has 0 aromatic carbocycles. The maximum atomic E-state index is 5.81. The first-order valence-electron chi connectivity index (χ1n) is 4.28. The Kier molecular flexibility index (Phi) is 3.16. The lowest BCUT2D eigenvalue weighted by atomic mass is 9.84. The normalized spacial score (nSPS) is 34.2. The first-order chi connectivity index (χ1) is 4.83. The summed E-state index contributed by atoms with van der Waals surface area (Å²) >= 11 is 0. The van der Waals surface area contributed by atoms with Crippen molar-refractivity contribution < 1.29 is 0 Å². The zero-order valence-electron chi connectivity index (χ0n) is 6.55. The molecule has 1 aliphatic rings. The van der Waals surface area contributed by atoms with Crippen LogP contribution >= 0.6 is 0 Å². The van der Waals surface area contributed by atoms with Crippen LogP contribution in [-0.4, -0.2) is 12.6 Å². The lowest BCUT2D eigenvalue weighted by Gasteiger charge is -2.25. The summed E-state index contributed by atoms with van der Waals surface area (Å²) in [6.45, 7) is 0.831. The Hall–Kier alpha value is -0.0800. The third-order valence-corrected chi connectivity index (χ3v) is 2.40. The Balaban J connectivity index is 2.18. The highest BCUT2D eigenvalue weighted by Crippen LogP contribution is 2.24. The number of nitrogens with two attached hydrogens (primary N) is 2. The average Bonchev–Trinajstić information content (AvgIpc) is 1.88. The quantitative estimate of drug-likeness (QED) is 0.600. The smallest absolute Gasteiger partial charge is 0.00414 e. The van der Waals surface area contributed by atoms with Gasteiger partial charge in [-0.2, -0.15) is 0 Å². The number of rotatable bonds is 2. The Morgan fingerprint density at radius 2 is 2.10 bits per heavy atom. The molecular formula is C8H18N2. The zero-order valence-corrected chi connectivity index (χ0v) is 6.55. The van der Waals surface area contributed by atoms with Gasteiger partial charge in [0.15, 0.2) is 0 Å². The Bertz CT molecular complexity index is 91.3. The molecule has 0 aromatic rings. The molecule has 10 heavy (non-hydrogen) atoms. The summed E-state index contributed by atoms with van der Waals surface area (Å²) in [7, 11) is 0. The topological polar surface area (TPSA) is 52.0 Å². The third-order valence-electron chi connectivity index (χ3n) is 2.40. The van der Waals surface area contributed by atoms with Crippen LogP contribution in [0, 0.1) is 5.92 Å². The standard InChI is InChI=1S/C8H18N2/c9-5-4-7-2-1-3-8(10)6-7/h7-8H,1-6,9-10H2/t7-,8-/m0/s1. The molecule has 0 spiro atoms. The molecule has 1 fully saturated rings. The van der Waals surface area contributed by atoms with Crippen molar-refractivity contribution in [2.24, 2.45) is 17.4 Å². The monoisotopic (exact) mass is 142 g/mol. The number of hydrogen-bond donors (Lipinski definition) is 2. The van der Waals surface area contributed by atoms with Crippen molar-refractivity contribution in [1.82, 2.24) is 0 Å². The SMILES string of the molecule is NCC[C@@H]1CCC[C@H](N)C1. The van der Waals surface area contributed by atoms with E-state index < -0.39 is 0 Å². The van der Waals surface area contributed by atoms with E-state index >= 15 is 0 Å². The van der Waals surface area contributed by atoms with Crippen LogP contribution in [0.3, 0.4) is 0 Å². The first-order valence-corrected chi connectivity index (χ1v) is 4.28. The molecule has 0 bridgehead atoms. The van der Waals surface area contributed by atoms with E-state index in [4.69, 9.17) is 11.5 Å². The molecule has 1 saturated carbocycles. The van der Waals surface area contributed by atoms with Crippen LogP contribution in [0.25, 0.3) is 0 Å². The fourth-order valence-corrected chi connectivity index (χ4v) is 1.83. The van der Waals surface area contributed by atoms with Crippen molar-refractivity contribution in [2.75, 3.05) is 6.54 Å². The van der Waals surface area contributed by atoms with Crippen molar-refractivity contribution in [1.29, 1.82) is 0 Å². The van der Waals surface area contributed by atoms with Gasteiger partial charge in [-0.25, -0.2) is 0 Å². The van der Waals surface area contributed by atoms with Gasteiger partial charge in [-0.15, -0.1) is 0 Å². The predicted molar refractivity (Wildman–Crippen MR) is 43.6 cm³/mol. The van der Waals surface area contributed by atoms with Gasteiger partial charge < -0.3 is 11.5 Å². The summed E-state index contributed by atoms with van der Waals surface area (Å²) < 4.78 is 0. The fourth-order valence-electron chi connectivity index (χ4n) is 1.83. The van der Waals surface area contributed by atoms with Crippen LogP contribution in [0.4, 0.5) is 0 Å². The summed E-state index contributed by atoms with van der Waals surface area (Å²) in [4.78, 5) is 0. The van der Waals surface area contributed by atoms with Gasteiger partial charge in [-0.3, -0.25) is 0 Å². The van der Waals surface area contributed by atoms with Crippen LogP contribution < -0.4 is 11.5 Å². The lowest BCUT2D eigenvalue weighted by Crippen LogP contribution is -2.28. The first kappa shape index (κ1) is 8.02. The molecule has 0 heterocycles. The second-order valence-electron chi connectivity index (χ2n) is 3.37. The van der Waals surface area contributed by atoms with E-state index in [1.54, 1.807) is 0 Å². The van der Waals surface area contributed by atoms with Gasteiger partial charge in [0.25, 0.3) is 0 Å². The summed E-state index contributed by atoms with van der Waals surface area (Å²) in [5.41, 5.74) is 11.3. The average molecular weight is 142 g/mol. The Morgan fingerprint density at radius 3 is 2.70 bits per heavy atom. The molecule has 0 amide bonds. The van der Waals surface area contributed by atoms with Crippen LogP contribution in [0.1, 0.15) is 32.1 Å². The van der Waals surface area contributed by atoms with Gasteiger partial charge in [-0.05, 0) is 31.7 Å². The maximum absolute atomic E-state index is 5.81. The summed E-state index contributed by atoms with van der Waals surface area (Å²) in [6, 6.07) is 0.463. The second-order valence-corrected chi connectivity index (χ2v) is 3.37. The van der Waals surface area contributed by atoms with Gasteiger partial charge in [0.2, 0.25) is 0 Å². The third kappa shape index (κ3) is 2.27. The Morgan fingerprint density at radius 1 is 1.30 bits per heavy atom. The van der Waals surface area contributed by atoms with Gasteiger partial charge in [0, 0.05) is 6.04 Å². The fraction of sp³-hybridized carbons (Fsp3) is 1.00. The summed E-state index contributed by atoms with van der Waals surface area (Å²) in [5, 5.41) is 0. The van der Waals surface area contributed by atoms with E-state index in [-0.39, 0.29) is 0 Å². The molecule has 0 radical (unpaired) electrons. The van der Waals surface area contributed by atoms with E-state index in [0.717, 1.165) is 12.5 Å². The molecule has 2 heteroatoms. The van der Waals surface area contributed by atoms with Crippen molar-refractivity contribution in [3.8, 4) is 0 Å². The highest BCUT2D eigenvalue weighted by molar-refractivity contribution is 4.74. The molecule has 0 aliphatic heterocycles. The van der Waals surface area contributed by atoms with E-state index in [0.29, 0.717) is 6.04 Å². The van der Waals surface area contributed by atoms with Gasteiger partial charge in [0.05, 0.1) is 0 Å². The van der Waals surface area contributed by atoms with Crippen LogP contribution in [-0.2, 0) is 0 Å². The molecule has 0 unspecified atom stereocenters. The maximum Gasteiger partial charge on any atom is 0.00414 e. The summed E-state index contributed by atoms with van der Waals surface area (Å²) in [5.74, 6) is 0.828. The lowest BCUT2D eigenvalue weighted by molar-refractivity contribution is 0.310. The molecule has 1 aliphatic carbocycles. The molecule has 0 aromatic heterocycles. The van der Waals surface area contributed by atoms with Crippen LogP contribution in [0.15, 0.2) is 0 Å². The molecular weight excluding hydrogens is 124 g/mol. The molecule has 2 nitrogen and oxygen atoms in total. The molecule has 2 atom stereocenters. The molecule has 0 saturated heterocycles. The number of hydrogen-bond acceptors (Lipinski definition) is 2. The van der Waals surface area contributed by atoms with Gasteiger partial charge >= 0.3 is 0 Å². The minimum atomic E-state index is 0.463. The Labute approximate surface area is 63.0 Å². The van der Waals surface area contributed by atoms with Crippen molar-refractivity contribution in [3.63, 3.8) is 0 Å². The molecule has 60 valence electrons. The van der Waals surface area contributed by atoms with Crippen LogP contribution in [0.2, 0.25) is 0 Å². The minimum absolute atomic E-state index is 0.463. The molecule has 1 rings (SSSR count). The zero-order chi connectivity index (χ0) is 7.40. The summed E-state index contributed by atoms with van der Waals surface area (Å²) in [6.07, 6.45) is 6.27. The highest BCUT2D eigenvalue weighted by atomic mass is 14.6. The van der Waals surface area contributed by atoms with E-state index in [1.807, 2.05) is 0 Å². The van der Waals surface area contributed by atoms with E-state index in [1.165, 1.54) is 32.1 Å². The van der Waals surface area contributed by atoms with Crippen LogP contribution in [0.5, 0.6) is 0 Å². The van der Waals surface area contributed by atoms with Crippen molar-refractivity contribution >= 4 is 0 Å². The van der Waals surface area contributed by atoms with Gasteiger partial charge in [0.1, 0.15) is 0 Å². The minimum Gasteiger partial charge on any atom is -0.330 e. The highest BCUT2D eigenvalue weighted by Gasteiger charge is 2.17. The van der Waals surface area contributed by atoms with E-state index in [9.17, 15) is 0 Å².